The molecule has 0 unspecified atom stereocenters. The normalized spacial score (nSPS) is 11.3. The summed E-state index contributed by atoms with van der Waals surface area (Å²) in [5, 5.41) is 2.97. The summed E-state index contributed by atoms with van der Waals surface area (Å²) in [6, 6.07) is 0. The molecule has 7 N–H and O–H groups in total. The van der Waals surface area contributed by atoms with Crippen molar-refractivity contribution in [1.29, 1.82) is 0 Å². The average molecular weight is 249 g/mol. The van der Waals surface area contributed by atoms with E-state index >= 15 is 0 Å². The second-order valence-electron chi connectivity index (χ2n) is 4.99. The Hall–Kier alpha value is -1.91. The van der Waals surface area contributed by atoms with E-state index in [1.807, 2.05) is 0 Å². The molecule has 0 atom stereocenters. The summed E-state index contributed by atoms with van der Waals surface area (Å²) in [7, 11) is 1.75. The van der Waals surface area contributed by atoms with Gasteiger partial charge < -0.3 is 22.5 Å². The highest BCUT2D eigenvalue weighted by Gasteiger charge is 2.28. The minimum absolute atomic E-state index is 0.159. The lowest BCUT2D eigenvalue weighted by molar-refractivity contribution is 0.510. The second kappa shape index (κ2) is 4.76. The lowest BCUT2D eigenvalue weighted by Crippen LogP contribution is -2.21. The third-order valence-corrected chi connectivity index (χ3v) is 3.56. The number of rotatable bonds is 4. The lowest BCUT2D eigenvalue weighted by atomic mass is 9.79. The van der Waals surface area contributed by atoms with Crippen LogP contribution in [0.25, 0.3) is 0 Å². The number of nitrogens with zero attached hydrogens (tertiary/aromatic N) is 1. The Morgan fingerprint density at radius 3 is 2.11 bits per heavy atom. The molecule has 1 aromatic carbocycles. The second-order valence-corrected chi connectivity index (χ2v) is 4.99. The van der Waals surface area contributed by atoms with Crippen molar-refractivity contribution >= 4 is 35.2 Å². The van der Waals surface area contributed by atoms with Crippen LogP contribution in [0.2, 0.25) is 0 Å². The first kappa shape index (κ1) is 14.2. The average Bonchev–Trinajstić information content (AvgIpc) is 2.33. The van der Waals surface area contributed by atoms with Gasteiger partial charge in [-0.05, 0) is 18.6 Å². The van der Waals surface area contributed by atoms with Crippen molar-refractivity contribution in [2.75, 3.05) is 29.6 Å². The topological polar surface area (TPSA) is 102 Å². The number of benzene rings is 1. The van der Waals surface area contributed by atoms with Gasteiger partial charge in [-0.3, -0.25) is 4.99 Å². The zero-order valence-electron chi connectivity index (χ0n) is 11.6. The van der Waals surface area contributed by atoms with Crippen molar-refractivity contribution in [3.8, 4) is 0 Å². The largest absolute Gasteiger partial charge is 0.397 e. The van der Waals surface area contributed by atoms with Crippen LogP contribution in [0.4, 0.5) is 28.4 Å². The number of hydrogen-bond donors (Lipinski definition) is 4. The molecule has 18 heavy (non-hydrogen) atoms. The summed E-state index contributed by atoms with van der Waals surface area (Å²) in [4.78, 5) is 3.98. The number of anilines is 4. The van der Waals surface area contributed by atoms with Crippen molar-refractivity contribution < 1.29 is 0 Å². The number of nitrogen functional groups attached to an aromatic ring is 3. The van der Waals surface area contributed by atoms with Gasteiger partial charge in [-0.1, -0.05) is 20.8 Å². The van der Waals surface area contributed by atoms with E-state index in [-0.39, 0.29) is 5.41 Å². The van der Waals surface area contributed by atoms with Crippen LogP contribution in [0.1, 0.15) is 32.8 Å². The molecule has 5 nitrogen and oxygen atoms in total. The number of nitrogens with two attached hydrogens (primary N) is 3. The van der Waals surface area contributed by atoms with Crippen LogP contribution >= 0.6 is 0 Å². The molecule has 0 radical (unpaired) electrons. The molecule has 0 spiro atoms. The zero-order valence-corrected chi connectivity index (χ0v) is 11.6. The van der Waals surface area contributed by atoms with Crippen LogP contribution in [0.5, 0.6) is 0 Å². The molecule has 0 aromatic heterocycles. The molecule has 5 heteroatoms. The van der Waals surface area contributed by atoms with Crippen LogP contribution in [-0.4, -0.2) is 13.8 Å². The maximum atomic E-state index is 6.19. The van der Waals surface area contributed by atoms with Gasteiger partial charge in [0.15, 0.2) is 0 Å². The van der Waals surface area contributed by atoms with E-state index in [4.69, 9.17) is 17.2 Å². The van der Waals surface area contributed by atoms with E-state index in [9.17, 15) is 0 Å². The van der Waals surface area contributed by atoms with Gasteiger partial charge in [0.05, 0.1) is 22.7 Å². The van der Waals surface area contributed by atoms with Gasteiger partial charge >= 0.3 is 0 Å². The maximum Gasteiger partial charge on any atom is 0.111 e. The van der Waals surface area contributed by atoms with Crippen molar-refractivity contribution in [3.63, 3.8) is 0 Å². The fraction of sp³-hybridized carbons (Fsp3) is 0.462. The van der Waals surface area contributed by atoms with Gasteiger partial charge in [-0.2, -0.15) is 0 Å². The van der Waals surface area contributed by atoms with Gasteiger partial charge in [0.1, 0.15) is 5.69 Å². The first-order valence-corrected chi connectivity index (χ1v) is 5.97. The Bertz CT molecular complexity index is 477. The number of hydrogen-bond acceptors (Lipinski definition) is 5. The Balaban J connectivity index is 3.75. The van der Waals surface area contributed by atoms with Crippen LogP contribution in [0.3, 0.4) is 0 Å². The fourth-order valence-electron chi connectivity index (χ4n) is 2.12. The molecule has 0 heterocycles. The molecule has 0 fully saturated rings. The van der Waals surface area contributed by atoms with E-state index in [0.717, 1.165) is 12.0 Å². The molecule has 0 aliphatic heterocycles. The Morgan fingerprint density at radius 2 is 1.72 bits per heavy atom. The summed E-state index contributed by atoms with van der Waals surface area (Å²) >= 11 is 0. The van der Waals surface area contributed by atoms with Crippen LogP contribution in [0.15, 0.2) is 4.99 Å². The summed E-state index contributed by atoms with van der Waals surface area (Å²) in [6.07, 6.45) is 0.899. The Labute approximate surface area is 108 Å². The van der Waals surface area contributed by atoms with Crippen molar-refractivity contribution in [2.45, 2.75) is 32.6 Å². The summed E-state index contributed by atoms with van der Waals surface area (Å²) in [6.45, 7) is 9.81. The van der Waals surface area contributed by atoms with Gasteiger partial charge in [0, 0.05) is 12.6 Å². The first-order valence-electron chi connectivity index (χ1n) is 5.97. The standard InChI is InChI=1S/C13H23N5/c1-6-13(2,3)7-8(14)10(16)12(18-5)11(17-4)9(7)15/h18H,4,6,14-16H2,1-3,5H3. The molecule has 0 amide bonds. The molecule has 1 aromatic rings. The molecular formula is C13H23N5. The molecule has 0 aliphatic rings. The molecule has 0 aliphatic carbocycles. The summed E-state index contributed by atoms with van der Waals surface area (Å²) < 4.78 is 0. The van der Waals surface area contributed by atoms with E-state index < -0.39 is 0 Å². The van der Waals surface area contributed by atoms with Gasteiger partial charge in [0.2, 0.25) is 0 Å². The minimum atomic E-state index is -0.159. The smallest absolute Gasteiger partial charge is 0.111 e. The number of aliphatic imine (C=N–C) groups is 1. The van der Waals surface area contributed by atoms with Crippen molar-refractivity contribution in [1.82, 2.24) is 0 Å². The lowest BCUT2D eigenvalue weighted by Gasteiger charge is -2.29. The molecular weight excluding hydrogens is 226 g/mol. The molecule has 100 valence electrons. The van der Waals surface area contributed by atoms with E-state index in [1.54, 1.807) is 7.05 Å². The Kier molecular flexibility index (Phi) is 3.74. The van der Waals surface area contributed by atoms with Gasteiger partial charge in [-0.25, -0.2) is 0 Å². The predicted molar refractivity (Wildman–Crippen MR) is 81.8 cm³/mol. The predicted octanol–water partition coefficient (Wildman–Crippen LogP) is 2.49. The fourth-order valence-corrected chi connectivity index (χ4v) is 2.12. The SMILES string of the molecule is C=Nc1c(N)c(C(C)(C)CC)c(N)c(N)c1NC. The van der Waals surface area contributed by atoms with Crippen LogP contribution in [0, 0.1) is 0 Å². The van der Waals surface area contributed by atoms with E-state index in [0.29, 0.717) is 28.4 Å². The molecule has 0 bridgehead atoms. The molecule has 0 saturated carbocycles. The van der Waals surface area contributed by atoms with Gasteiger partial charge in [0.25, 0.3) is 0 Å². The van der Waals surface area contributed by atoms with E-state index in [1.165, 1.54) is 0 Å². The van der Waals surface area contributed by atoms with E-state index in [2.05, 4.69) is 37.8 Å². The maximum absolute atomic E-state index is 6.19. The summed E-state index contributed by atoms with van der Waals surface area (Å²) in [5.41, 5.74) is 21.8. The van der Waals surface area contributed by atoms with Crippen molar-refractivity contribution in [3.05, 3.63) is 5.56 Å². The summed E-state index contributed by atoms with van der Waals surface area (Å²) in [5.74, 6) is 0. The highest BCUT2D eigenvalue weighted by Crippen LogP contribution is 2.48. The third-order valence-electron chi connectivity index (χ3n) is 3.56. The third kappa shape index (κ3) is 1.96. The van der Waals surface area contributed by atoms with Crippen molar-refractivity contribution in [2.24, 2.45) is 4.99 Å². The van der Waals surface area contributed by atoms with Crippen LogP contribution in [-0.2, 0) is 5.41 Å². The van der Waals surface area contributed by atoms with Crippen LogP contribution < -0.4 is 22.5 Å². The number of nitrogens with one attached hydrogen (secondary N) is 1. The quantitative estimate of drug-likeness (QED) is 0.486. The molecule has 1 rings (SSSR count). The van der Waals surface area contributed by atoms with Gasteiger partial charge in [-0.15, -0.1) is 0 Å². The minimum Gasteiger partial charge on any atom is -0.397 e. The molecule has 0 saturated heterocycles. The monoisotopic (exact) mass is 249 g/mol. The first-order chi connectivity index (χ1) is 8.31. The highest BCUT2D eigenvalue weighted by atomic mass is 14.9. The zero-order chi connectivity index (χ0) is 14.1. The Morgan fingerprint density at radius 1 is 1.17 bits per heavy atom. The highest BCUT2D eigenvalue weighted by molar-refractivity contribution is 5.98.